The highest BCUT2D eigenvalue weighted by Gasteiger charge is 2.27. The van der Waals surface area contributed by atoms with Crippen LogP contribution in [0.5, 0.6) is 0 Å². The summed E-state index contributed by atoms with van der Waals surface area (Å²) in [5.41, 5.74) is 4.33. The van der Waals surface area contributed by atoms with Gasteiger partial charge in [0.25, 0.3) is 5.91 Å². The van der Waals surface area contributed by atoms with Crippen molar-refractivity contribution in [3.63, 3.8) is 0 Å². The maximum Gasteiger partial charge on any atom is 0.257 e. The summed E-state index contributed by atoms with van der Waals surface area (Å²) in [7, 11) is 3.73. The maximum atomic E-state index is 12.6. The van der Waals surface area contributed by atoms with Crippen molar-refractivity contribution >= 4 is 32.6 Å². The van der Waals surface area contributed by atoms with Crippen molar-refractivity contribution in [2.24, 2.45) is 7.05 Å². The van der Waals surface area contributed by atoms with Gasteiger partial charge in [0.05, 0.1) is 22.0 Å². The Hall–Kier alpha value is -2.41. The topological polar surface area (TPSA) is 54.3 Å². The Morgan fingerprint density at radius 1 is 1.26 bits per heavy atom. The number of carbonyl (C=O) groups is 1. The van der Waals surface area contributed by atoms with Gasteiger partial charge in [-0.2, -0.15) is 5.10 Å². The molecule has 3 aromatic rings. The minimum Gasteiger partial charge on any atom is -0.348 e. The van der Waals surface area contributed by atoms with Crippen molar-refractivity contribution in [1.29, 1.82) is 0 Å². The van der Waals surface area contributed by atoms with E-state index in [-0.39, 0.29) is 11.9 Å². The van der Waals surface area contributed by atoms with Gasteiger partial charge in [-0.15, -0.1) is 0 Å². The van der Waals surface area contributed by atoms with Gasteiger partial charge in [-0.3, -0.25) is 9.48 Å². The lowest BCUT2D eigenvalue weighted by atomic mass is 10.0. The number of piperidine rings is 1. The molecule has 7 heteroatoms. The van der Waals surface area contributed by atoms with E-state index in [1.807, 2.05) is 19.0 Å². The molecule has 1 amide bonds. The largest absolute Gasteiger partial charge is 0.348 e. The number of thiazole rings is 1. The molecule has 142 valence electrons. The van der Waals surface area contributed by atoms with Crippen LogP contribution >= 0.6 is 11.3 Å². The van der Waals surface area contributed by atoms with E-state index in [4.69, 9.17) is 4.98 Å². The second-order valence-electron chi connectivity index (χ2n) is 7.39. The molecule has 2 aromatic heterocycles. The number of carbonyl (C=O) groups excluding carboxylic acids is 1. The quantitative estimate of drug-likeness (QED) is 0.696. The molecule has 1 aliphatic rings. The second kappa shape index (κ2) is 6.96. The zero-order valence-corrected chi connectivity index (χ0v) is 17.1. The molecular formula is C20H25N5OS. The summed E-state index contributed by atoms with van der Waals surface area (Å²) < 4.78 is 2.92. The first-order chi connectivity index (χ1) is 12.9. The molecule has 0 bridgehead atoms. The van der Waals surface area contributed by atoms with Gasteiger partial charge < -0.3 is 9.80 Å². The van der Waals surface area contributed by atoms with E-state index in [0.29, 0.717) is 5.56 Å². The van der Waals surface area contributed by atoms with Crippen LogP contribution in [-0.4, -0.2) is 51.8 Å². The first-order valence-corrected chi connectivity index (χ1v) is 10.1. The van der Waals surface area contributed by atoms with Crippen molar-refractivity contribution in [1.82, 2.24) is 19.7 Å². The average Bonchev–Trinajstić information content (AvgIpc) is 3.30. The third kappa shape index (κ3) is 3.32. The standard InChI is InChI=1S/C20H25N5OS/c1-13-5-6-17-18(14(13)2)22-20(27-17)25-9-7-16(8-10-25)24(4)19(26)15-11-21-23(3)12-15/h5-6,11-12,16H,7-10H2,1-4H3. The van der Waals surface area contributed by atoms with Gasteiger partial charge >= 0.3 is 0 Å². The van der Waals surface area contributed by atoms with E-state index in [0.717, 1.165) is 36.6 Å². The summed E-state index contributed by atoms with van der Waals surface area (Å²) in [5, 5.41) is 5.20. The van der Waals surface area contributed by atoms with Crippen molar-refractivity contribution in [2.45, 2.75) is 32.7 Å². The Morgan fingerprint density at radius 3 is 2.67 bits per heavy atom. The second-order valence-corrected chi connectivity index (χ2v) is 8.40. The number of hydrogen-bond acceptors (Lipinski definition) is 5. The van der Waals surface area contributed by atoms with E-state index < -0.39 is 0 Å². The van der Waals surface area contributed by atoms with Crippen LogP contribution in [0.25, 0.3) is 10.2 Å². The summed E-state index contributed by atoms with van der Waals surface area (Å²) in [6, 6.07) is 4.60. The Labute approximate surface area is 163 Å². The fourth-order valence-electron chi connectivity index (χ4n) is 3.70. The van der Waals surface area contributed by atoms with Crippen LogP contribution in [0.2, 0.25) is 0 Å². The first-order valence-electron chi connectivity index (χ1n) is 9.31. The van der Waals surface area contributed by atoms with Crippen molar-refractivity contribution in [3.8, 4) is 0 Å². The molecule has 3 heterocycles. The number of benzene rings is 1. The minimum absolute atomic E-state index is 0.0487. The fourth-order valence-corrected chi connectivity index (χ4v) is 4.77. The summed E-state index contributed by atoms with van der Waals surface area (Å²) in [6.45, 7) is 6.13. The minimum atomic E-state index is 0.0487. The number of aromatic nitrogens is 3. The van der Waals surface area contributed by atoms with Crippen LogP contribution in [0.1, 0.15) is 34.3 Å². The van der Waals surface area contributed by atoms with E-state index in [2.05, 4.69) is 36.0 Å². The van der Waals surface area contributed by atoms with E-state index in [1.54, 1.807) is 28.4 Å². The molecule has 1 aliphatic heterocycles. The molecule has 1 aromatic carbocycles. The molecule has 27 heavy (non-hydrogen) atoms. The predicted octanol–water partition coefficient (Wildman–Crippen LogP) is 3.39. The molecule has 0 radical (unpaired) electrons. The number of amides is 1. The average molecular weight is 384 g/mol. The number of anilines is 1. The lowest BCUT2D eigenvalue weighted by Crippen LogP contribution is -2.45. The van der Waals surface area contributed by atoms with Crippen LogP contribution in [0.4, 0.5) is 5.13 Å². The van der Waals surface area contributed by atoms with Crippen LogP contribution in [-0.2, 0) is 7.05 Å². The number of rotatable bonds is 3. The fraction of sp³-hybridized carbons (Fsp3) is 0.450. The van der Waals surface area contributed by atoms with Crippen LogP contribution in [0, 0.1) is 13.8 Å². The van der Waals surface area contributed by atoms with Gasteiger partial charge in [0, 0.05) is 39.4 Å². The lowest BCUT2D eigenvalue weighted by Gasteiger charge is -2.36. The molecule has 1 fully saturated rings. The summed E-state index contributed by atoms with van der Waals surface area (Å²) >= 11 is 1.77. The highest BCUT2D eigenvalue weighted by molar-refractivity contribution is 7.22. The van der Waals surface area contributed by atoms with Gasteiger partial charge in [0.1, 0.15) is 0 Å². The van der Waals surface area contributed by atoms with Crippen molar-refractivity contribution < 1.29 is 4.79 Å². The first kappa shape index (κ1) is 18.0. The molecule has 0 atom stereocenters. The van der Waals surface area contributed by atoms with E-state index in [1.165, 1.54) is 15.8 Å². The van der Waals surface area contributed by atoms with Crippen LogP contribution < -0.4 is 4.90 Å². The number of fused-ring (bicyclic) bond motifs is 1. The molecule has 0 saturated carbocycles. The molecule has 4 rings (SSSR count). The summed E-state index contributed by atoms with van der Waals surface area (Å²) in [6.07, 6.45) is 5.33. The Bertz CT molecular complexity index is 984. The van der Waals surface area contributed by atoms with E-state index >= 15 is 0 Å². The highest BCUT2D eigenvalue weighted by atomic mass is 32.1. The SMILES string of the molecule is Cc1ccc2sc(N3CCC(N(C)C(=O)c4cnn(C)c4)CC3)nc2c1C. The zero-order chi connectivity index (χ0) is 19.1. The Balaban J connectivity index is 1.44. The van der Waals surface area contributed by atoms with Gasteiger partial charge in [0.15, 0.2) is 5.13 Å². The molecule has 0 N–H and O–H groups in total. The normalized spacial score (nSPS) is 15.5. The summed E-state index contributed by atoms with van der Waals surface area (Å²) in [4.78, 5) is 21.8. The predicted molar refractivity (Wildman–Crippen MR) is 110 cm³/mol. The van der Waals surface area contributed by atoms with Crippen molar-refractivity contribution in [3.05, 3.63) is 41.2 Å². The van der Waals surface area contributed by atoms with Gasteiger partial charge in [-0.25, -0.2) is 4.98 Å². The summed E-state index contributed by atoms with van der Waals surface area (Å²) in [5.74, 6) is 0.0487. The molecule has 6 nitrogen and oxygen atoms in total. The number of nitrogens with zero attached hydrogens (tertiary/aromatic N) is 5. The number of hydrogen-bond donors (Lipinski definition) is 0. The maximum absolute atomic E-state index is 12.6. The Morgan fingerprint density at radius 2 is 2.00 bits per heavy atom. The highest BCUT2D eigenvalue weighted by Crippen LogP contribution is 2.33. The van der Waals surface area contributed by atoms with E-state index in [9.17, 15) is 4.79 Å². The van der Waals surface area contributed by atoms with Crippen LogP contribution in [0.3, 0.4) is 0 Å². The third-order valence-electron chi connectivity index (χ3n) is 5.63. The molecule has 1 saturated heterocycles. The van der Waals surface area contributed by atoms with Gasteiger partial charge in [-0.1, -0.05) is 17.4 Å². The molecule has 0 aliphatic carbocycles. The van der Waals surface area contributed by atoms with Crippen molar-refractivity contribution in [2.75, 3.05) is 25.0 Å². The monoisotopic (exact) mass is 383 g/mol. The molecule has 0 unspecified atom stereocenters. The number of aryl methyl sites for hydroxylation is 3. The van der Waals surface area contributed by atoms with Crippen LogP contribution in [0.15, 0.2) is 24.5 Å². The lowest BCUT2D eigenvalue weighted by molar-refractivity contribution is 0.0709. The molecular weight excluding hydrogens is 358 g/mol. The van der Waals surface area contributed by atoms with Gasteiger partial charge in [0.2, 0.25) is 0 Å². The Kier molecular flexibility index (Phi) is 4.63. The smallest absolute Gasteiger partial charge is 0.257 e. The third-order valence-corrected chi connectivity index (χ3v) is 6.71. The van der Waals surface area contributed by atoms with Gasteiger partial charge in [-0.05, 0) is 43.9 Å². The zero-order valence-electron chi connectivity index (χ0n) is 16.3. The molecule has 0 spiro atoms.